The Balaban J connectivity index is 0.000000336. The highest BCUT2D eigenvalue weighted by Gasteiger charge is 2.34. The Hall–Kier alpha value is -0.0400. The van der Waals surface area contributed by atoms with Crippen LogP contribution in [0.5, 0.6) is 0 Å². The van der Waals surface area contributed by atoms with E-state index >= 15 is 0 Å². The number of rotatable bonds is 1. The maximum Gasteiger partial charge on any atom is 0.00986 e. The van der Waals surface area contributed by atoms with Crippen molar-refractivity contribution in [2.45, 2.75) is 65.0 Å². The van der Waals surface area contributed by atoms with Gasteiger partial charge < -0.3 is 0 Å². The van der Waals surface area contributed by atoms with Crippen molar-refractivity contribution in [3.05, 3.63) is 0 Å². The summed E-state index contributed by atoms with van der Waals surface area (Å²) < 4.78 is 0. The summed E-state index contributed by atoms with van der Waals surface area (Å²) in [5.41, 5.74) is 0. The van der Waals surface area contributed by atoms with Crippen LogP contribution in [0.2, 0.25) is 0 Å². The highest BCUT2D eigenvalue weighted by Crippen LogP contribution is 2.34. The zero-order chi connectivity index (χ0) is 8.97. The molecule has 0 amide bonds. The summed E-state index contributed by atoms with van der Waals surface area (Å²) in [7, 11) is 0. The van der Waals surface area contributed by atoms with Crippen LogP contribution in [0, 0.1) is 0 Å². The molecule has 2 heterocycles. The van der Waals surface area contributed by atoms with Gasteiger partial charge in [0.25, 0.3) is 0 Å². The highest BCUT2D eigenvalue weighted by atomic mass is 15.2. The second kappa shape index (κ2) is 4.86. The van der Waals surface area contributed by atoms with Crippen LogP contribution in [0.3, 0.4) is 0 Å². The van der Waals surface area contributed by atoms with E-state index < -0.39 is 0 Å². The standard InChI is InChI=1S/C9H17N.C2H6/c1-2-10-8-4-3-5-9(10)7-6-8;1-2/h8-9H,2-7H2,1H3;1-2H3. The minimum absolute atomic E-state index is 0.976. The van der Waals surface area contributed by atoms with Crippen molar-refractivity contribution in [2.75, 3.05) is 6.54 Å². The van der Waals surface area contributed by atoms with Crippen molar-refractivity contribution in [3.63, 3.8) is 0 Å². The Labute approximate surface area is 77.1 Å². The van der Waals surface area contributed by atoms with E-state index in [1.54, 1.807) is 0 Å². The summed E-state index contributed by atoms with van der Waals surface area (Å²) in [6.07, 6.45) is 7.41. The van der Waals surface area contributed by atoms with Gasteiger partial charge in [0.05, 0.1) is 0 Å². The fraction of sp³-hybridized carbons (Fsp3) is 1.00. The van der Waals surface area contributed by atoms with E-state index in [-0.39, 0.29) is 0 Å². The smallest absolute Gasteiger partial charge is 0.00986 e. The molecule has 0 spiro atoms. The molecule has 2 bridgehead atoms. The quantitative estimate of drug-likeness (QED) is 0.583. The van der Waals surface area contributed by atoms with Crippen molar-refractivity contribution in [1.29, 1.82) is 0 Å². The number of hydrogen-bond acceptors (Lipinski definition) is 1. The molecule has 2 atom stereocenters. The van der Waals surface area contributed by atoms with E-state index in [0.29, 0.717) is 0 Å². The third-order valence-electron chi connectivity index (χ3n) is 3.21. The molecule has 0 saturated carbocycles. The fourth-order valence-electron chi connectivity index (χ4n) is 2.74. The molecule has 0 aromatic rings. The first-order valence-corrected chi connectivity index (χ1v) is 5.67. The average Bonchev–Trinajstić information content (AvgIpc) is 2.37. The van der Waals surface area contributed by atoms with Gasteiger partial charge in [0.2, 0.25) is 0 Å². The second-order valence-electron chi connectivity index (χ2n) is 3.65. The van der Waals surface area contributed by atoms with Gasteiger partial charge in [-0.2, -0.15) is 0 Å². The highest BCUT2D eigenvalue weighted by molar-refractivity contribution is 4.90. The van der Waals surface area contributed by atoms with E-state index in [0.717, 1.165) is 12.1 Å². The predicted molar refractivity (Wildman–Crippen MR) is 54.4 cm³/mol. The molecule has 2 rings (SSSR count). The molecule has 0 aromatic heterocycles. The summed E-state index contributed by atoms with van der Waals surface area (Å²) >= 11 is 0. The molecule has 1 nitrogen and oxygen atoms in total. The van der Waals surface area contributed by atoms with Crippen molar-refractivity contribution in [2.24, 2.45) is 0 Å². The Morgan fingerprint density at radius 1 is 1.00 bits per heavy atom. The van der Waals surface area contributed by atoms with Crippen molar-refractivity contribution < 1.29 is 0 Å². The van der Waals surface area contributed by atoms with Gasteiger partial charge in [-0.25, -0.2) is 0 Å². The Morgan fingerprint density at radius 3 is 1.83 bits per heavy atom. The van der Waals surface area contributed by atoms with Crippen LogP contribution in [0.1, 0.15) is 52.9 Å². The Bertz CT molecular complexity index is 106. The normalized spacial score (nSPS) is 34.2. The number of nitrogens with zero attached hydrogens (tertiary/aromatic N) is 1. The van der Waals surface area contributed by atoms with Crippen LogP contribution in [-0.2, 0) is 0 Å². The van der Waals surface area contributed by atoms with Gasteiger partial charge in [-0.05, 0) is 32.2 Å². The van der Waals surface area contributed by atoms with Crippen molar-refractivity contribution in [1.82, 2.24) is 4.90 Å². The molecule has 0 radical (unpaired) electrons. The first kappa shape index (κ1) is 10.0. The molecular formula is C11H23N. The van der Waals surface area contributed by atoms with E-state index in [9.17, 15) is 0 Å². The molecule has 12 heavy (non-hydrogen) atoms. The van der Waals surface area contributed by atoms with Crippen LogP contribution in [-0.4, -0.2) is 23.5 Å². The molecule has 2 aliphatic rings. The molecule has 0 N–H and O–H groups in total. The van der Waals surface area contributed by atoms with E-state index in [1.165, 1.54) is 38.6 Å². The van der Waals surface area contributed by atoms with Gasteiger partial charge in [-0.15, -0.1) is 0 Å². The lowest BCUT2D eigenvalue weighted by Gasteiger charge is -2.33. The van der Waals surface area contributed by atoms with Crippen LogP contribution in [0.4, 0.5) is 0 Å². The molecule has 72 valence electrons. The van der Waals surface area contributed by atoms with Crippen molar-refractivity contribution >= 4 is 0 Å². The van der Waals surface area contributed by atoms with E-state index in [1.807, 2.05) is 13.8 Å². The number of piperidine rings is 1. The topological polar surface area (TPSA) is 3.24 Å². The van der Waals surface area contributed by atoms with Crippen molar-refractivity contribution in [3.8, 4) is 0 Å². The largest absolute Gasteiger partial charge is 0.298 e. The minimum atomic E-state index is 0.976. The molecular weight excluding hydrogens is 146 g/mol. The third kappa shape index (κ3) is 1.82. The fourth-order valence-corrected chi connectivity index (χ4v) is 2.74. The molecule has 2 fully saturated rings. The lowest BCUT2D eigenvalue weighted by Crippen LogP contribution is -2.39. The molecule has 0 aromatic carbocycles. The van der Waals surface area contributed by atoms with Gasteiger partial charge in [0, 0.05) is 12.1 Å². The maximum atomic E-state index is 2.71. The number of fused-ring (bicyclic) bond motifs is 2. The lowest BCUT2D eigenvalue weighted by atomic mass is 10.0. The minimum Gasteiger partial charge on any atom is -0.298 e. The summed E-state index contributed by atoms with van der Waals surface area (Å²) in [4.78, 5) is 2.71. The van der Waals surface area contributed by atoms with Gasteiger partial charge in [-0.3, -0.25) is 4.90 Å². The summed E-state index contributed by atoms with van der Waals surface area (Å²) in [6.45, 7) is 7.59. The number of hydrogen-bond donors (Lipinski definition) is 0. The van der Waals surface area contributed by atoms with Crippen LogP contribution >= 0.6 is 0 Å². The lowest BCUT2D eigenvalue weighted by molar-refractivity contribution is 0.149. The SMILES string of the molecule is CC.CCN1C2CCCC1CC2. The van der Waals surface area contributed by atoms with Gasteiger partial charge in [0.15, 0.2) is 0 Å². The zero-order valence-electron chi connectivity index (χ0n) is 8.84. The van der Waals surface area contributed by atoms with Crippen LogP contribution < -0.4 is 0 Å². The Morgan fingerprint density at radius 2 is 1.50 bits per heavy atom. The maximum absolute atomic E-state index is 2.71. The summed E-state index contributed by atoms with van der Waals surface area (Å²) in [6, 6.07) is 1.95. The molecule has 2 saturated heterocycles. The summed E-state index contributed by atoms with van der Waals surface area (Å²) in [5.74, 6) is 0. The predicted octanol–water partition coefficient (Wildman–Crippen LogP) is 3.05. The van der Waals surface area contributed by atoms with E-state index in [2.05, 4.69) is 11.8 Å². The van der Waals surface area contributed by atoms with Crippen LogP contribution in [0.15, 0.2) is 0 Å². The summed E-state index contributed by atoms with van der Waals surface area (Å²) in [5, 5.41) is 0. The molecule has 2 aliphatic heterocycles. The van der Waals surface area contributed by atoms with Crippen LogP contribution in [0.25, 0.3) is 0 Å². The molecule has 2 unspecified atom stereocenters. The Kier molecular flexibility index (Phi) is 4.07. The second-order valence-corrected chi connectivity index (χ2v) is 3.65. The molecule has 0 aliphatic carbocycles. The van der Waals surface area contributed by atoms with Gasteiger partial charge in [-0.1, -0.05) is 27.2 Å². The molecule has 1 heteroatoms. The van der Waals surface area contributed by atoms with Gasteiger partial charge in [0.1, 0.15) is 0 Å². The monoisotopic (exact) mass is 169 g/mol. The zero-order valence-corrected chi connectivity index (χ0v) is 8.84. The average molecular weight is 169 g/mol. The first-order valence-electron chi connectivity index (χ1n) is 5.67. The van der Waals surface area contributed by atoms with E-state index in [4.69, 9.17) is 0 Å². The van der Waals surface area contributed by atoms with Gasteiger partial charge >= 0.3 is 0 Å². The first-order chi connectivity index (χ1) is 5.92. The third-order valence-corrected chi connectivity index (χ3v) is 3.21.